The number of amides is 3. The van der Waals surface area contributed by atoms with Crippen LogP contribution in [-0.2, 0) is 4.79 Å². The summed E-state index contributed by atoms with van der Waals surface area (Å²) < 4.78 is 0. The molecule has 0 aromatic heterocycles. The van der Waals surface area contributed by atoms with Gasteiger partial charge >= 0.3 is 6.03 Å². The summed E-state index contributed by atoms with van der Waals surface area (Å²) in [7, 11) is 0. The number of piperidine rings is 1. The van der Waals surface area contributed by atoms with Gasteiger partial charge in [-0.25, -0.2) is 4.79 Å². The maximum absolute atomic E-state index is 11.9. The monoisotopic (exact) mass is 267 g/mol. The van der Waals surface area contributed by atoms with Gasteiger partial charge in [-0.1, -0.05) is 0 Å². The minimum Gasteiger partial charge on any atom is -0.342 e. The first-order valence-electron chi connectivity index (χ1n) is 7.49. The number of carbonyl (C=O) groups excluding carboxylic acids is 2. The fraction of sp³-hybridized carbons (Fsp3) is 0.857. The van der Waals surface area contributed by atoms with E-state index in [0.717, 1.165) is 51.9 Å². The zero-order valence-electron chi connectivity index (χ0n) is 12.0. The van der Waals surface area contributed by atoms with Crippen LogP contribution in [0.4, 0.5) is 4.79 Å². The van der Waals surface area contributed by atoms with Gasteiger partial charge in [0.1, 0.15) is 0 Å². The molecule has 0 unspecified atom stereocenters. The van der Waals surface area contributed by atoms with Gasteiger partial charge in [0, 0.05) is 38.1 Å². The molecule has 108 valence electrons. The van der Waals surface area contributed by atoms with Crippen LogP contribution in [0.5, 0.6) is 0 Å². The number of urea groups is 1. The fourth-order valence-corrected chi connectivity index (χ4v) is 2.61. The Labute approximate surface area is 115 Å². The molecule has 0 bridgehead atoms. The molecule has 2 rings (SSSR count). The Morgan fingerprint density at radius 3 is 2.16 bits per heavy atom. The van der Waals surface area contributed by atoms with Crippen molar-refractivity contribution in [1.82, 2.24) is 15.1 Å². The highest BCUT2D eigenvalue weighted by Gasteiger charge is 2.35. The van der Waals surface area contributed by atoms with Crippen molar-refractivity contribution in [3.63, 3.8) is 0 Å². The third-order valence-corrected chi connectivity index (χ3v) is 4.11. The van der Waals surface area contributed by atoms with E-state index in [1.165, 1.54) is 0 Å². The van der Waals surface area contributed by atoms with E-state index < -0.39 is 0 Å². The quantitative estimate of drug-likeness (QED) is 0.838. The first kappa shape index (κ1) is 14.2. The van der Waals surface area contributed by atoms with Crippen molar-refractivity contribution in [2.75, 3.05) is 26.2 Å². The summed E-state index contributed by atoms with van der Waals surface area (Å²) in [4.78, 5) is 27.6. The SMILES string of the molecule is CCN(CC)C(=O)NC1CCN(C(=O)C2CC2)CC1. The first-order valence-corrected chi connectivity index (χ1v) is 7.49. The number of rotatable bonds is 4. The smallest absolute Gasteiger partial charge is 0.317 e. The van der Waals surface area contributed by atoms with Gasteiger partial charge in [-0.3, -0.25) is 4.79 Å². The molecule has 5 nitrogen and oxygen atoms in total. The van der Waals surface area contributed by atoms with Gasteiger partial charge in [0.2, 0.25) is 5.91 Å². The number of hydrogen-bond acceptors (Lipinski definition) is 2. The average Bonchev–Trinajstić information content (AvgIpc) is 3.24. The number of nitrogens with zero attached hydrogens (tertiary/aromatic N) is 2. The Bertz CT molecular complexity index is 330. The van der Waals surface area contributed by atoms with Gasteiger partial charge in [-0.05, 0) is 39.5 Å². The summed E-state index contributed by atoms with van der Waals surface area (Å²) in [6.07, 6.45) is 3.89. The van der Waals surface area contributed by atoms with Gasteiger partial charge in [-0.2, -0.15) is 0 Å². The Morgan fingerprint density at radius 1 is 1.11 bits per heavy atom. The van der Waals surface area contributed by atoms with E-state index in [1.807, 2.05) is 18.7 Å². The summed E-state index contributed by atoms with van der Waals surface area (Å²) in [6.45, 7) is 7.03. The highest BCUT2D eigenvalue weighted by Crippen LogP contribution is 2.31. The molecular formula is C14H25N3O2. The summed E-state index contributed by atoms with van der Waals surface area (Å²) in [5.74, 6) is 0.635. The fourth-order valence-electron chi connectivity index (χ4n) is 2.61. The normalized spacial score (nSPS) is 20.2. The van der Waals surface area contributed by atoms with E-state index in [4.69, 9.17) is 0 Å². The Morgan fingerprint density at radius 2 is 1.68 bits per heavy atom. The molecule has 3 amide bonds. The van der Waals surface area contributed by atoms with E-state index in [-0.39, 0.29) is 12.1 Å². The lowest BCUT2D eigenvalue weighted by Gasteiger charge is -2.33. The molecule has 5 heteroatoms. The Kier molecular flexibility index (Phi) is 4.66. The van der Waals surface area contributed by atoms with Crippen LogP contribution in [0.25, 0.3) is 0 Å². The van der Waals surface area contributed by atoms with Crippen molar-refractivity contribution in [3.05, 3.63) is 0 Å². The van der Waals surface area contributed by atoms with Crippen molar-refractivity contribution < 1.29 is 9.59 Å². The lowest BCUT2D eigenvalue weighted by atomic mass is 10.0. The molecule has 0 atom stereocenters. The van der Waals surface area contributed by atoms with Crippen molar-refractivity contribution in [2.45, 2.75) is 45.6 Å². The van der Waals surface area contributed by atoms with Crippen molar-refractivity contribution >= 4 is 11.9 Å². The molecule has 1 aliphatic heterocycles. The van der Waals surface area contributed by atoms with Crippen LogP contribution in [0, 0.1) is 5.92 Å². The number of nitrogens with one attached hydrogen (secondary N) is 1. The summed E-state index contributed by atoms with van der Waals surface area (Å²) >= 11 is 0. The molecule has 0 radical (unpaired) electrons. The zero-order valence-corrected chi connectivity index (χ0v) is 12.0. The van der Waals surface area contributed by atoms with Gasteiger partial charge < -0.3 is 15.1 Å². The molecule has 0 spiro atoms. The predicted molar refractivity (Wildman–Crippen MR) is 73.8 cm³/mol. The van der Waals surface area contributed by atoms with E-state index in [1.54, 1.807) is 4.90 Å². The van der Waals surface area contributed by atoms with Crippen LogP contribution in [-0.4, -0.2) is 54.0 Å². The Balaban J connectivity index is 1.73. The third kappa shape index (κ3) is 3.61. The van der Waals surface area contributed by atoms with E-state index in [0.29, 0.717) is 11.8 Å². The first-order chi connectivity index (χ1) is 9.15. The van der Waals surface area contributed by atoms with Crippen LogP contribution in [0.2, 0.25) is 0 Å². The van der Waals surface area contributed by atoms with Gasteiger partial charge in [0.15, 0.2) is 0 Å². The van der Waals surface area contributed by atoms with Gasteiger partial charge in [0.05, 0.1) is 0 Å². The molecular weight excluding hydrogens is 242 g/mol. The molecule has 1 aliphatic carbocycles. The number of hydrogen-bond donors (Lipinski definition) is 1. The van der Waals surface area contributed by atoms with Crippen LogP contribution in [0.3, 0.4) is 0 Å². The molecule has 1 saturated carbocycles. The topological polar surface area (TPSA) is 52.7 Å². The number of likely N-dealkylation sites (tertiary alicyclic amines) is 1. The van der Waals surface area contributed by atoms with Crippen LogP contribution in [0.15, 0.2) is 0 Å². The number of carbonyl (C=O) groups is 2. The summed E-state index contributed by atoms with van der Waals surface area (Å²) in [5, 5.41) is 3.07. The van der Waals surface area contributed by atoms with Crippen LogP contribution in [0.1, 0.15) is 39.5 Å². The molecule has 1 saturated heterocycles. The second-order valence-corrected chi connectivity index (χ2v) is 5.50. The summed E-state index contributed by atoms with van der Waals surface area (Å²) in [5.41, 5.74) is 0. The molecule has 2 fully saturated rings. The lowest BCUT2D eigenvalue weighted by Crippen LogP contribution is -2.50. The third-order valence-electron chi connectivity index (χ3n) is 4.11. The van der Waals surface area contributed by atoms with Gasteiger partial charge in [-0.15, -0.1) is 0 Å². The second-order valence-electron chi connectivity index (χ2n) is 5.50. The zero-order chi connectivity index (χ0) is 13.8. The molecule has 19 heavy (non-hydrogen) atoms. The minimum atomic E-state index is 0.0250. The van der Waals surface area contributed by atoms with Crippen LogP contribution >= 0.6 is 0 Å². The van der Waals surface area contributed by atoms with Gasteiger partial charge in [0.25, 0.3) is 0 Å². The van der Waals surface area contributed by atoms with Crippen molar-refractivity contribution in [2.24, 2.45) is 5.92 Å². The molecule has 2 aliphatic rings. The molecule has 0 aromatic carbocycles. The van der Waals surface area contributed by atoms with E-state index in [9.17, 15) is 9.59 Å². The summed E-state index contributed by atoms with van der Waals surface area (Å²) in [6, 6.07) is 0.244. The average molecular weight is 267 g/mol. The molecule has 1 N–H and O–H groups in total. The molecule has 0 aromatic rings. The minimum absolute atomic E-state index is 0.0250. The Hall–Kier alpha value is -1.26. The highest BCUT2D eigenvalue weighted by atomic mass is 16.2. The predicted octanol–water partition coefficient (Wildman–Crippen LogP) is 1.44. The highest BCUT2D eigenvalue weighted by molar-refractivity contribution is 5.81. The van der Waals surface area contributed by atoms with Crippen molar-refractivity contribution in [1.29, 1.82) is 0 Å². The van der Waals surface area contributed by atoms with E-state index in [2.05, 4.69) is 5.32 Å². The van der Waals surface area contributed by atoms with E-state index >= 15 is 0 Å². The standard InChI is InChI=1S/C14H25N3O2/c1-3-16(4-2)14(19)15-12-7-9-17(10-8-12)13(18)11-5-6-11/h11-12H,3-10H2,1-2H3,(H,15,19). The second kappa shape index (κ2) is 6.26. The maximum Gasteiger partial charge on any atom is 0.317 e. The van der Waals surface area contributed by atoms with Crippen molar-refractivity contribution in [3.8, 4) is 0 Å². The lowest BCUT2D eigenvalue weighted by molar-refractivity contribution is -0.133. The van der Waals surface area contributed by atoms with Crippen LogP contribution < -0.4 is 5.32 Å². The molecule has 1 heterocycles. The largest absolute Gasteiger partial charge is 0.342 e. The maximum atomic E-state index is 11.9.